The number of pyridine rings is 1. The summed E-state index contributed by atoms with van der Waals surface area (Å²) >= 11 is 0. The third-order valence-electron chi connectivity index (χ3n) is 2.43. The third kappa shape index (κ3) is 2.33. The minimum absolute atomic E-state index is 0.0327. The van der Waals surface area contributed by atoms with Crippen molar-refractivity contribution in [3.05, 3.63) is 53.9 Å². The fourth-order valence-electron chi connectivity index (χ4n) is 1.62. The summed E-state index contributed by atoms with van der Waals surface area (Å²) in [6, 6.07) is 8.20. The number of hydrogen-bond acceptors (Lipinski definition) is 2. The van der Waals surface area contributed by atoms with Crippen molar-refractivity contribution in [1.29, 1.82) is 5.26 Å². The first-order valence-electron chi connectivity index (χ1n) is 5.04. The fraction of sp³-hybridized carbons (Fsp3) is 0.0769. The van der Waals surface area contributed by atoms with Crippen molar-refractivity contribution in [2.75, 3.05) is 0 Å². The number of benzene rings is 1. The Kier molecular flexibility index (Phi) is 3.02. The van der Waals surface area contributed by atoms with Gasteiger partial charge < -0.3 is 0 Å². The molecule has 0 saturated heterocycles. The highest BCUT2D eigenvalue weighted by molar-refractivity contribution is 5.69. The maximum absolute atomic E-state index is 12.9. The highest BCUT2D eigenvalue weighted by Crippen LogP contribution is 2.37. The quantitative estimate of drug-likeness (QED) is 0.772. The zero-order valence-electron chi connectivity index (χ0n) is 9.07. The Balaban J connectivity index is 2.67. The number of nitrogens with zero attached hydrogens (tertiary/aromatic N) is 2. The molecule has 0 unspecified atom stereocenters. The summed E-state index contributed by atoms with van der Waals surface area (Å²) in [7, 11) is 0. The van der Waals surface area contributed by atoms with Crippen LogP contribution in [0.2, 0.25) is 0 Å². The normalized spacial score (nSPS) is 11.0. The third-order valence-corrected chi connectivity index (χ3v) is 2.43. The van der Waals surface area contributed by atoms with Gasteiger partial charge in [0.05, 0.1) is 17.2 Å². The standard InChI is InChI=1S/C13H7F3N2/c14-13(15,16)12-4-3-9(7-17)6-11(12)10-2-1-5-18-8-10/h1-6,8H. The van der Waals surface area contributed by atoms with Gasteiger partial charge in [-0.1, -0.05) is 6.07 Å². The molecular weight excluding hydrogens is 241 g/mol. The molecule has 0 N–H and O–H groups in total. The first kappa shape index (κ1) is 12.1. The molecule has 18 heavy (non-hydrogen) atoms. The van der Waals surface area contributed by atoms with Crippen LogP contribution in [0.3, 0.4) is 0 Å². The Labute approximate surface area is 101 Å². The molecule has 0 atom stereocenters. The minimum atomic E-state index is -4.46. The van der Waals surface area contributed by atoms with E-state index in [0.29, 0.717) is 5.56 Å². The lowest BCUT2D eigenvalue weighted by Crippen LogP contribution is -2.07. The van der Waals surface area contributed by atoms with Crippen LogP contribution in [0, 0.1) is 11.3 Å². The Morgan fingerprint density at radius 2 is 1.94 bits per heavy atom. The molecule has 0 aliphatic heterocycles. The van der Waals surface area contributed by atoms with Gasteiger partial charge in [0, 0.05) is 18.0 Å². The maximum Gasteiger partial charge on any atom is 0.417 e. The van der Waals surface area contributed by atoms with Crippen LogP contribution < -0.4 is 0 Å². The molecule has 2 aromatic rings. The van der Waals surface area contributed by atoms with Gasteiger partial charge in [-0.25, -0.2) is 0 Å². The number of alkyl halides is 3. The average molecular weight is 248 g/mol. The van der Waals surface area contributed by atoms with E-state index in [-0.39, 0.29) is 11.1 Å². The molecule has 1 heterocycles. The molecule has 0 fully saturated rings. The summed E-state index contributed by atoms with van der Waals surface area (Å²) in [6.07, 6.45) is -1.64. The highest BCUT2D eigenvalue weighted by atomic mass is 19.4. The summed E-state index contributed by atoms with van der Waals surface area (Å²) in [5, 5.41) is 8.76. The largest absolute Gasteiger partial charge is 0.417 e. The van der Waals surface area contributed by atoms with Crippen molar-refractivity contribution in [1.82, 2.24) is 4.98 Å². The van der Waals surface area contributed by atoms with Crippen molar-refractivity contribution in [2.45, 2.75) is 6.18 Å². The molecule has 90 valence electrons. The second-order valence-corrected chi connectivity index (χ2v) is 3.61. The predicted molar refractivity (Wildman–Crippen MR) is 59.4 cm³/mol. The molecule has 0 aliphatic rings. The lowest BCUT2D eigenvalue weighted by molar-refractivity contribution is -0.137. The van der Waals surface area contributed by atoms with Gasteiger partial charge in [0.1, 0.15) is 0 Å². The first-order valence-corrected chi connectivity index (χ1v) is 5.04. The minimum Gasteiger partial charge on any atom is -0.264 e. The monoisotopic (exact) mass is 248 g/mol. The topological polar surface area (TPSA) is 36.7 Å². The summed E-state index contributed by atoms with van der Waals surface area (Å²) in [4.78, 5) is 3.79. The van der Waals surface area contributed by atoms with Crippen LogP contribution in [0.15, 0.2) is 42.7 Å². The Morgan fingerprint density at radius 1 is 1.17 bits per heavy atom. The van der Waals surface area contributed by atoms with Gasteiger partial charge in [0.2, 0.25) is 0 Å². The van der Waals surface area contributed by atoms with Gasteiger partial charge in [-0.15, -0.1) is 0 Å². The van der Waals surface area contributed by atoms with Crippen molar-refractivity contribution in [2.24, 2.45) is 0 Å². The Hall–Kier alpha value is -2.35. The van der Waals surface area contributed by atoms with Gasteiger partial charge in [-0.2, -0.15) is 18.4 Å². The molecule has 1 aromatic heterocycles. The fourth-order valence-corrected chi connectivity index (χ4v) is 1.62. The van der Waals surface area contributed by atoms with E-state index in [4.69, 9.17) is 5.26 Å². The number of rotatable bonds is 1. The molecule has 0 saturated carbocycles. The molecule has 0 amide bonds. The van der Waals surface area contributed by atoms with E-state index in [1.165, 1.54) is 24.5 Å². The van der Waals surface area contributed by atoms with E-state index in [9.17, 15) is 13.2 Å². The van der Waals surface area contributed by atoms with E-state index in [1.807, 2.05) is 6.07 Å². The molecule has 1 aromatic carbocycles. The molecule has 0 spiro atoms. The summed E-state index contributed by atoms with van der Waals surface area (Å²) < 4.78 is 38.6. The van der Waals surface area contributed by atoms with Gasteiger partial charge in [0.25, 0.3) is 0 Å². The van der Waals surface area contributed by atoms with Gasteiger partial charge in [-0.3, -0.25) is 4.98 Å². The van der Waals surface area contributed by atoms with Crippen molar-refractivity contribution in [3.8, 4) is 17.2 Å². The van der Waals surface area contributed by atoms with E-state index in [1.54, 1.807) is 6.07 Å². The molecule has 5 heteroatoms. The van der Waals surface area contributed by atoms with Crippen molar-refractivity contribution >= 4 is 0 Å². The number of aromatic nitrogens is 1. The summed E-state index contributed by atoms with van der Waals surface area (Å²) in [5.74, 6) is 0. The Morgan fingerprint density at radius 3 is 2.50 bits per heavy atom. The number of nitriles is 1. The van der Waals surface area contributed by atoms with E-state index in [0.717, 1.165) is 12.1 Å². The maximum atomic E-state index is 12.9. The van der Waals surface area contributed by atoms with Gasteiger partial charge >= 0.3 is 6.18 Å². The van der Waals surface area contributed by atoms with Crippen LogP contribution in [-0.2, 0) is 6.18 Å². The van der Waals surface area contributed by atoms with Crippen molar-refractivity contribution < 1.29 is 13.2 Å². The molecular formula is C13H7F3N2. The SMILES string of the molecule is N#Cc1ccc(C(F)(F)F)c(-c2cccnc2)c1. The molecule has 0 aliphatic carbocycles. The number of halogens is 3. The van der Waals surface area contributed by atoms with Gasteiger partial charge in [0.15, 0.2) is 0 Å². The van der Waals surface area contributed by atoms with Crippen LogP contribution in [0.4, 0.5) is 13.2 Å². The van der Waals surface area contributed by atoms with Crippen LogP contribution in [0.5, 0.6) is 0 Å². The number of hydrogen-bond donors (Lipinski definition) is 0. The average Bonchev–Trinajstić information content (AvgIpc) is 2.38. The lowest BCUT2D eigenvalue weighted by Gasteiger charge is -2.12. The molecule has 0 bridgehead atoms. The highest BCUT2D eigenvalue weighted by Gasteiger charge is 2.33. The first-order chi connectivity index (χ1) is 8.52. The lowest BCUT2D eigenvalue weighted by atomic mass is 9.98. The molecule has 2 rings (SSSR count). The Bertz CT molecular complexity index is 598. The van der Waals surface area contributed by atoms with Crippen molar-refractivity contribution in [3.63, 3.8) is 0 Å². The second kappa shape index (κ2) is 4.49. The molecule has 2 nitrogen and oxygen atoms in total. The van der Waals surface area contributed by atoms with Crippen LogP contribution >= 0.6 is 0 Å². The zero-order valence-corrected chi connectivity index (χ0v) is 9.07. The zero-order chi connectivity index (χ0) is 13.2. The summed E-state index contributed by atoms with van der Waals surface area (Å²) in [5.41, 5.74) is -0.284. The smallest absolute Gasteiger partial charge is 0.264 e. The van der Waals surface area contributed by atoms with Crippen LogP contribution in [0.1, 0.15) is 11.1 Å². The summed E-state index contributed by atoms with van der Waals surface area (Å²) in [6.45, 7) is 0. The van der Waals surface area contributed by atoms with Crippen LogP contribution in [0.25, 0.3) is 11.1 Å². The molecule has 0 radical (unpaired) electrons. The second-order valence-electron chi connectivity index (χ2n) is 3.61. The van der Waals surface area contributed by atoms with E-state index >= 15 is 0 Å². The van der Waals surface area contributed by atoms with E-state index in [2.05, 4.69) is 4.98 Å². The predicted octanol–water partition coefficient (Wildman–Crippen LogP) is 3.64. The van der Waals surface area contributed by atoms with Crippen LogP contribution in [-0.4, -0.2) is 4.98 Å². The van der Waals surface area contributed by atoms with Gasteiger partial charge in [-0.05, 0) is 29.8 Å². The van der Waals surface area contributed by atoms with E-state index < -0.39 is 11.7 Å².